The van der Waals surface area contributed by atoms with Gasteiger partial charge in [0.1, 0.15) is 46.4 Å². The van der Waals surface area contributed by atoms with Crippen LogP contribution in [0.4, 0.5) is 0 Å². The van der Waals surface area contributed by atoms with Gasteiger partial charge < -0.3 is 58.7 Å². The number of phenolic OH excluding ortho intramolecular Hbond substituents is 1. The lowest BCUT2D eigenvalue weighted by Crippen LogP contribution is -2.72. The smallest absolute Gasteiger partial charge is 0.348 e. The fraction of sp³-hybridized carbons (Fsp3) is 0.479. The summed E-state index contributed by atoms with van der Waals surface area (Å²) in [6.07, 6.45) is 0.648. The number of fused-ring (bicyclic) bond motifs is 7. The van der Waals surface area contributed by atoms with E-state index in [4.69, 9.17) is 64.6 Å². The molecule has 4 aliphatic carbocycles. The summed E-state index contributed by atoms with van der Waals surface area (Å²) >= 11 is 0. The number of methoxy groups -OCH3 is 1. The molecule has 2 aromatic heterocycles. The predicted molar refractivity (Wildman–Crippen MR) is 442 cm³/mol. The number of phenols is 1. The van der Waals surface area contributed by atoms with Crippen molar-refractivity contribution in [2.24, 2.45) is 68.3 Å². The fourth-order valence-corrected chi connectivity index (χ4v) is 22.5. The number of aromatic hydroxyl groups is 1. The van der Waals surface area contributed by atoms with Crippen molar-refractivity contribution in [3.05, 3.63) is 237 Å². The van der Waals surface area contributed by atoms with Crippen LogP contribution < -0.4 is 21.7 Å². The Morgan fingerprint density at radius 3 is 1.94 bits per heavy atom. The molecule has 8 aromatic rings. The van der Waals surface area contributed by atoms with Gasteiger partial charge in [-0.2, -0.15) is 0 Å². The normalized spacial score (nSPS) is 33.2. The number of aryl methyl sites for hydroxylation is 1. The number of aliphatic hydroxyl groups is 3. The summed E-state index contributed by atoms with van der Waals surface area (Å²) in [6, 6.07) is 39.8. The van der Waals surface area contributed by atoms with E-state index < -0.39 is 77.8 Å². The summed E-state index contributed by atoms with van der Waals surface area (Å²) in [5.74, 6) is 2.27. The van der Waals surface area contributed by atoms with Crippen LogP contribution >= 0.6 is 0 Å². The van der Waals surface area contributed by atoms with Crippen LogP contribution in [0.2, 0.25) is 0 Å². The first-order valence-corrected chi connectivity index (χ1v) is 39.7. The van der Waals surface area contributed by atoms with Crippen molar-refractivity contribution < 1.29 is 52.9 Å². The van der Waals surface area contributed by atoms with E-state index in [-0.39, 0.29) is 88.7 Å². The van der Waals surface area contributed by atoms with Gasteiger partial charge in [0.05, 0.1) is 29.0 Å². The number of nitrogens with two attached hydrogens (primary N) is 1. The highest BCUT2D eigenvalue weighted by Crippen LogP contribution is 2.83. The molecule has 6 aromatic carbocycles. The van der Waals surface area contributed by atoms with E-state index in [0.717, 1.165) is 38.5 Å². The lowest BCUT2D eigenvalue weighted by Gasteiger charge is -2.78. The van der Waals surface area contributed by atoms with Gasteiger partial charge in [-0.1, -0.05) is 217 Å². The number of benzene rings is 6. The molecule has 5 fully saturated rings. The zero-order chi connectivity index (χ0) is 79.5. The number of aliphatic hydroxyl groups excluding tert-OH is 2. The Balaban J connectivity index is 0.000000201. The molecule has 2 saturated heterocycles. The third-order valence-electron chi connectivity index (χ3n) is 29.1. The van der Waals surface area contributed by atoms with Crippen molar-refractivity contribution in [2.45, 2.75) is 221 Å². The van der Waals surface area contributed by atoms with Crippen LogP contribution in [-0.2, 0) is 18.9 Å². The van der Waals surface area contributed by atoms with Gasteiger partial charge in [-0.3, -0.25) is 0 Å². The molecule has 14 nitrogen and oxygen atoms in total. The molecule has 6 N–H and O–H groups in total. The van der Waals surface area contributed by atoms with Crippen LogP contribution in [-0.4, -0.2) is 88.4 Å². The van der Waals surface area contributed by atoms with E-state index in [1.807, 2.05) is 0 Å². The molecule has 0 radical (unpaired) electrons. The Hall–Kier alpha value is -8.02. The number of rotatable bonds is 20. The van der Waals surface area contributed by atoms with Crippen LogP contribution in [0.5, 0.6) is 11.5 Å². The Labute approximate surface area is 649 Å². The molecular formula is C96H117NO13. The minimum Gasteiger partial charge on any atom is -0.506 e. The van der Waals surface area contributed by atoms with E-state index in [1.54, 1.807) is 43.2 Å². The molecule has 21 atom stereocenters. The van der Waals surface area contributed by atoms with Crippen LogP contribution in [0.25, 0.3) is 54.6 Å². The van der Waals surface area contributed by atoms with Gasteiger partial charge in [0.25, 0.3) is 0 Å². The average Bonchev–Trinajstić information content (AvgIpc) is 0.650. The topological polar surface area (TPSA) is 214 Å². The van der Waals surface area contributed by atoms with Gasteiger partial charge in [0.2, 0.25) is 6.29 Å². The minimum absolute atomic E-state index is 0.0328. The maximum absolute atomic E-state index is 13.4. The predicted octanol–water partition coefficient (Wildman–Crippen LogP) is 19.8. The Kier molecular flexibility index (Phi) is 21.7. The van der Waals surface area contributed by atoms with E-state index in [2.05, 4.69) is 173 Å². The van der Waals surface area contributed by atoms with E-state index >= 15 is 0 Å². The number of ether oxygens (including phenoxy) is 5. The van der Waals surface area contributed by atoms with Crippen molar-refractivity contribution in [2.75, 3.05) is 7.11 Å². The Bertz CT molecular complexity index is 5050. The first-order chi connectivity index (χ1) is 51.9. The lowest BCUT2D eigenvalue weighted by atomic mass is 9.25. The van der Waals surface area contributed by atoms with E-state index in [0.29, 0.717) is 34.6 Å². The van der Waals surface area contributed by atoms with Crippen LogP contribution in [0.1, 0.15) is 176 Å². The standard InChI is InChI=1S/C63H82.C33H35NO13/c1-41(2)34-56-49(11)61(15)46(8)38-54-32-33-63(54,39-42(3)4)62(61,16)57(37-45(7)51-28-22-18-23-29-51)60(14)40-53(48(10)58(56)59(60,12)13)35-43(5)47(9)55(52-30-24-19-25-31-52)36-44(6)50-26-20-17-21-27-50;1-11-9-10-16-19-17(11)29(38)46-25-18-14(24(36)21(20(19)25)30(39)44-16)7-6-8-15(18)45-32-28(33(4,40)27(37)13(3)43-32)47-31-22(34)26(41-5)23(35)12(2)42-31/h17-31,46-47,53-57H,1,3,5-7,11,32-40H2,2,4,8-10,12-16H3;6-10,12-13,22-23,26-28,31-32,35-37,40H,34H2,1-5H3/t46-,47-,53-,54+,55+,56-,57+,60-,61-,62-,63-;12-,13-,22-,23+,26-,27+,28+,31-,32+,33+/m01/s1. The molecule has 3 saturated carbocycles. The Morgan fingerprint density at radius 2 is 1.33 bits per heavy atom. The van der Waals surface area contributed by atoms with E-state index in [1.165, 1.54) is 102 Å². The van der Waals surface area contributed by atoms with Crippen molar-refractivity contribution in [3.8, 4) is 11.5 Å². The monoisotopic (exact) mass is 1490 g/mol. The molecule has 2 bridgehead atoms. The van der Waals surface area contributed by atoms with Crippen molar-refractivity contribution in [3.63, 3.8) is 0 Å². The summed E-state index contributed by atoms with van der Waals surface area (Å²) in [5, 5.41) is 45.3. The van der Waals surface area contributed by atoms with Crippen molar-refractivity contribution in [1.82, 2.24) is 0 Å². The maximum atomic E-state index is 13.4. The number of hydrogen-bond acceptors (Lipinski definition) is 14. The molecule has 584 valence electrons. The summed E-state index contributed by atoms with van der Waals surface area (Å²) < 4.78 is 41.2. The highest BCUT2D eigenvalue weighted by Gasteiger charge is 2.76. The van der Waals surface area contributed by atoms with Crippen LogP contribution in [0, 0.1) is 69.5 Å². The SMILES string of the molecule is C=C(C)C[C@H]1C(=C)[C@]2(C)[C@@H](C)C[C@H]3CC[C@@]3(CC(=C)C)[C@@]2(C)[C@H](CC(=C)c2ccccc2)[C@]2(C)C[C@H](CC(=C)[C@H](C)[C@@H](CC(=C)c3ccccc3)c3ccccc3)C(C)=C1C2(C)C.CO[C@@H]1[C@@H](N)[C@@H](O[C@H]2[C@H](Oc3cccc4c(O)c5c(=O)oc6ccc(C)c7c(=O)oc(c34)c5c67)O[C@H](C)[C@H](O)[C@]2(C)O)O[C@H](C)[C@@H]1O. The van der Waals surface area contributed by atoms with Gasteiger partial charge in [-0.05, 0) is 214 Å². The van der Waals surface area contributed by atoms with E-state index in [9.17, 15) is 30.0 Å². The second-order valence-electron chi connectivity index (χ2n) is 35.5. The van der Waals surface area contributed by atoms with Gasteiger partial charge in [0, 0.05) is 29.2 Å². The first kappa shape index (κ1) is 80.0. The quantitative estimate of drug-likeness (QED) is 0.0208. The third-order valence-corrected chi connectivity index (χ3v) is 29.1. The molecule has 14 rings (SSSR count). The molecule has 6 aliphatic rings. The van der Waals surface area contributed by atoms with Gasteiger partial charge >= 0.3 is 11.3 Å². The third kappa shape index (κ3) is 12.9. The van der Waals surface area contributed by atoms with Gasteiger partial charge in [0.15, 0.2) is 18.0 Å². The Morgan fingerprint density at radius 1 is 0.709 bits per heavy atom. The van der Waals surface area contributed by atoms with Gasteiger partial charge in [-0.25, -0.2) is 9.59 Å². The number of hydrogen-bond donors (Lipinski definition) is 5. The fourth-order valence-electron chi connectivity index (χ4n) is 22.5. The molecule has 0 spiro atoms. The lowest BCUT2D eigenvalue weighted by molar-refractivity contribution is -0.356. The molecule has 0 unspecified atom stereocenters. The summed E-state index contributed by atoms with van der Waals surface area (Å²) in [6.45, 7) is 61.3. The minimum atomic E-state index is -1.99. The van der Waals surface area contributed by atoms with Crippen LogP contribution in [0.3, 0.4) is 0 Å². The highest BCUT2D eigenvalue weighted by molar-refractivity contribution is 6.28. The summed E-state index contributed by atoms with van der Waals surface area (Å²) in [4.78, 5) is 26.6. The second-order valence-corrected chi connectivity index (χ2v) is 35.5. The molecule has 14 heteroatoms. The first-order valence-electron chi connectivity index (χ1n) is 39.7. The molecule has 4 heterocycles. The molecule has 2 aliphatic heterocycles. The number of allylic oxidation sites excluding steroid dienone is 8. The summed E-state index contributed by atoms with van der Waals surface area (Å²) in [5.41, 5.74) is 18.3. The summed E-state index contributed by atoms with van der Waals surface area (Å²) in [7, 11) is 1.39. The van der Waals surface area contributed by atoms with Gasteiger partial charge in [-0.15, -0.1) is 13.2 Å². The van der Waals surface area contributed by atoms with Crippen LogP contribution in [0.15, 0.2) is 213 Å². The maximum Gasteiger partial charge on any atom is 0.348 e. The molecular weight excluding hydrogens is 1380 g/mol. The molecule has 0 amide bonds. The zero-order valence-corrected chi connectivity index (χ0v) is 67.4. The average molecular weight is 1490 g/mol. The zero-order valence-electron chi connectivity index (χ0n) is 67.4. The largest absolute Gasteiger partial charge is 0.506 e. The second kappa shape index (κ2) is 29.8. The molecule has 110 heavy (non-hydrogen) atoms. The van der Waals surface area contributed by atoms with Crippen molar-refractivity contribution >= 4 is 54.6 Å². The van der Waals surface area contributed by atoms with Crippen molar-refractivity contribution in [1.29, 1.82) is 0 Å². The highest BCUT2D eigenvalue weighted by atomic mass is 16.7.